The topological polar surface area (TPSA) is 51.0 Å². The molecule has 16 heavy (non-hydrogen) atoms. The lowest BCUT2D eigenvalue weighted by Crippen LogP contribution is -1.92. The monoisotopic (exact) mass is 305 g/mol. The Kier molecular flexibility index (Phi) is 3.40. The molecule has 0 unspecified atom stereocenters. The Morgan fingerprint density at radius 3 is 2.94 bits per heavy atom. The molecule has 7 heteroatoms. The van der Waals surface area contributed by atoms with E-state index in [4.69, 9.17) is 16.0 Å². The first-order valence-corrected chi connectivity index (χ1v) is 5.62. The molecule has 0 amide bonds. The van der Waals surface area contributed by atoms with Crippen LogP contribution in [-0.4, -0.2) is 10.2 Å². The van der Waals surface area contributed by atoms with Crippen molar-refractivity contribution in [1.29, 1.82) is 0 Å². The van der Waals surface area contributed by atoms with Gasteiger partial charge in [-0.05, 0) is 34.1 Å². The van der Waals surface area contributed by atoms with Crippen molar-refractivity contribution in [2.24, 2.45) is 0 Å². The van der Waals surface area contributed by atoms with Crippen molar-refractivity contribution >= 4 is 39.2 Å². The number of nitrogens with zero attached hydrogens (tertiary/aromatic N) is 2. The number of aromatic nitrogens is 2. The van der Waals surface area contributed by atoms with Crippen molar-refractivity contribution in [3.63, 3.8) is 0 Å². The van der Waals surface area contributed by atoms with Crippen LogP contribution in [0.1, 0.15) is 5.89 Å². The van der Waals surface area contributed by atoms with Gasteiger partial charge in [-0.1, -0.05) is 5.10 Å². The molecule has 84 valence electrons. The van der Waals surface area contributed by atoms with Crippen LogP contribution in [-0.2, 0) is 5.88 Å². The Balaban J connectivity index is 2.22. The highest BCUT2D eigenvalue weighted by atomic mass is 79.9. The van der Waals surface area contributed by atoms with Crippen LogP contribution in [0.3, 0.4) is 0 Å². The molecule has 0 bridgehead atoms. The maximum atomic E-state index is 13.0. The van der Waals surface area contributed by atoms with Gasteiger partial charge in [-0.2, -0.15) is 0 Å². The summed E-state index contributed by atoms with van der Waals surface area (Å²) in [4.78, 5) is 0. The summed E-state index contributed by atoms with van der Waals surface area (Å²) >= 11 is 8.77. The van der Waals surface area contributed by atoms with Crippen LogP contribution in [0.15, 0.2) is 27.1 Å². The summed E-state index contributed by atoms with van der Waals surface area (Å²) in [6.45, 7) is 0. The number of nitrogens with one attached hydrogen (secondary N) is 1. The second-order valence-electron chi connectivity index (χ2n) is 2.88. The maximum Gasteiger partial charge on any atom is 0.320 e. The van der Waals surface area contributed by atoms with Crippen LogP contribution >= 0.6 is 27.5 Å². The highest BCUT2D eigenvalue weighted by Crippen LogP contribution is 2.26. The molecule has 1 aromatic carbocycles. The van der Waals surface area contributed by atoms with E-state index in [1.807, 2.05) is 0 Å². The second-order valence-corrected chi connectivity index (χ2v) is 4.01. The molecule has 0 atom stereocenters. The number of hydrogen-bond acceptors (Lipinski definition) is 4. The van der Waals surface area contributed by atoms with Crippen LogP contribution in [0.4, 0.5) is 16.1 Å². The standard InChI is InChI=1S/C9H6BrClFN3O/c10-6-2-1-5(12)3-7(6)13-9-15-14-8(4-11)16-9/h1-3H,4H2,(H,13,15). The highest BCUT2D eigenvalue weighted by Gasteiger charge is 2.07. The van der Waals surface area contributed by atoms with Crippen LogP contribution in [0.2, 0.25) is 0 Å². The molecule has 2 rings (SSSR count). The van der Waals surface area contributed by atoms with Crippen molar-refractivity contribution < 1.29 is 8.81 Å². The molecule has 0 saturated carbocycles. The summed E-state index contributed by atoms with van der Waals surface area (Å²) in [5.74, 6) is 0.0819. The number of halogens is 3. The second kappa shape index (κ2) is 4.80. The van der Waals surface area contributed by atoms with Crippen LogP contribution < -0.4 is 5.32 Å². The zero-order valence-corrected chi connectivity index (χ0v) is 10.2. The van der Waals surface area contributed by atoms with E-state index in [9.17, 15) is 4.39 Å². The van der Waals surface area contributed by atoms with Gasteiger partial charge < -0.3 is 9.73 Å². The SMILES string of the molecule is Fc1ccc(Br)c(Nc2nnc(CCl)o2)c1. The minimum atomic E-state index is -0.359. The van der Waals surface area contributed by atoms with Gasteiger partial charge in [0.2, 0.25) is 5.89 Å². The van der Waals surface area contributed by atoms with E-state index in [1.54, 1.807) is 6.07 Å². The summed E-state index contributed by atoms with van der Waals surface area (Å²) in [6, 6.07) is 4.40. The van der Waals surface area contributed by atoms with Gasteiger partial charge in [0.05, 0.1) is 5.69 Å². The summed E-state index contributed by atoms with van der Waals surface area (Å²) in [6.07, 6.45) is 0. The number of rotatable bonds is 3. The molecule has 0 radical (unpaired) electrons. The number of hydrogen-bond donors (Lipinski definition) is 1. The lowest BCUT2D eigenvalue weighted by atomic mass is 10.3. The third-order valence-electron chi connectivity index (χ3n) is 1.75. The Morgan fingerprint density at radius 2 is 2.25 bits per heavy atom. The lowest BCUT2D eigenvalue weighted by molar-refractivity contribution is 0.530. The lowest BCUT2D eigenvalue weighted by Gasteiger charge is -2.03. The van der Waals surface area contributed by atoms with E-state index < -0.39 is 0 Å². The van der Waals surface area contributed by atoms with Crippen molar-refractivity contribution in [2.75, 3.05) is 5.32 Å². The minimum absolute atomic E-state index is 0.138. The molecule has 0 aliphatic carbocycles. The van der Waals surface area contributed by atoms with Crippen LogP contribution in [0, 0.1) is 5.82 Å². The molecule has 1 N–H and O–H groups in total. The van der Waals surface area contributed by atoms with Crippen LogP contribution in [0.5, 0.6) is 0 Å². The first kappa shape index (κ1) is 11.3. The van der Waals surface area contributed by atoms with Crippen molar-refractivity contribution in [2.45, 2.75) is 5.88 Å². The number of benzene rings is 1. The molecule has 0 spiro atoms. The fraction of sp³-hybridized carbons (Fsp3) is 0.111. The molecule has 0 aliphatic heterocycles. The maximum absolute atomic E-state index is 13.0. The zero-order valence-electron chi connectivity index (χ0n) is 7.88. The molecule has 2 aromatic rings. The van der Waals surface area contributed by atoms with Gasteiger partial charge in [0.15, 0.2) is 0 Å². The summed E-state index contributed by atoms with van der Waals surface area (Å²) in [5.41, 5.74) is 0.504. The molecule has 0 aliphatic rings. The molecular formula is C9H6BrClFN3O. The largest absolute Gasteiger partial charge is 0.407 e. The van der Waals surface area contributed by atoms with E-state index in [-0.39, 0.29) is 17.7 Å². The van der Waals surface area contributed by atoms with Gasteiger partial charge in [0.1, 0.15) is 11.7 Å². The summed E-state index contributed by atoms with van der Waals surface area (Å²) in [5, 5.41) is 10.1. The van der Waals surface area contributed by atoms with Gasteiger partial charge in [0, 0.05) is 4.47 Å². The number of alkyl halides is 1. The van der Waals surface area contributed by atoms with Gasteiger partial charge in [-0.3, -0.25) is 0 Å². The molecular weight excluding hydrogens is 300 g/mol. The average Bonchev–Trinajstić information content (AvgIpc) is 2.71. The number of anilines is 2. The Labute approximate surface area is 104 Å². The highest BCUT2D eigenvalue weighted by molar-refractivity contribution is 9.10. The van der Waals surface area contributed by atoms with Gasteiger partial charge >= 0.3 is 6.01 Å². The smallest absolute Gasteiger partial charge is 0.320 e. The van der Waals surface area contributed by atoms with Crippen molar-refractivity contribution in [1.82, 2.24) is 10.2 Å². The summed E-state index contributed by atoms with van der Waals surface area (Å²) in [7, 11) is 0. The van der Waals surface area contributed by atoms with E-state index >= 15 is 0 Å². The van der Waals surface area contributed by atoms with Crippen LogP contribution in [0.25, 0.3) is 0 Å². The minimum Gasteiger partial charge on any atom is -0.407 e. The van der Waals surface area contributed by atoms with E-state index in [0.29, 0.717) is 16.1 Å². The molecule has 0 saturated heterocycles. The normalized spacial score (nSPS) is 10.4. The quantitative estimate of drug-likeness (QED) is 0.882. The van der Waals surface area contributed by atoms with Gasteiger partial charge in [-0.25, -0.2) is 4.39 Å². The first-order valence-electron chi connectivity index (χ1n) is 4.29. The van der Waals surface area contributed by atoms with Crippen molar-refractivity contribution in [3.8, 4) is 0 Å². The average molecular weight is 307 g/mol. The zero-order chi connectivity index (χ0) is 11.5. The predicted octanol–water partition coefficient (Wildman–Crippen LogP) is 3.45. The third kappa shape index (κ3) is 2.51. The van der Waals surface area contributed by atoms with Gasteiger partial charge in [-0.15, -0.1) is 16.7 Å². The predicted molar refractivity (Wildman–Crippen MR) is 61.2 cm³/mol. The first-order chi connectivity index (χ1) is 7.69. The fourth-order valence-electron chi connectivity index (χ4n) is 1.07. The molecule has 1 aromatic heterocycles. The van der Waals surface area contributed by atoms with E-state index in [0.717, 1.165) is 0 Å². The molecule has 0 fully saturated rings. The Bertz CT molecular complexity index is 505. The molecule has 1 heterocycles. The Hall–Kier alpha value is -1.14. The van der Waals surface area contributed by atoms with Gasteiger partial charge in [0.25, 0.3) is 0 Å². The Morgan fingerprint density at radius 1 is 1.44 bits per heavy atom. The fourth-order valence-corrected chi connectivity index (χ4v) is 1.52. The van der Waals surface area contributed by atoms with E-state index in [1.165, 1.54) is 12.1 Å². The summed E-state index contributed by atoms with van der Waals surface area (Å²) < 4.78 is 18.8. The third-order valence-corrected chi connectivity index (χ3v) is 2.67. The molecule has 4 nitrogen and oxygen atoms in total. The van der Waals surface area contributed by atoms with Crippen molar-refractivity contribution in [3.05, 3.63) is 34.4 Å². The van der Waals surface area contributed by atoms with E-state index in [2.05, 4.69) is 31.4 Å².